The minimum Gasteiger partial charge on any atom is -0.207 e. The number of unbranched alkanes of at least 4 members (excludes halogenated alkanes) is 9. The summed E-state index contributed by atoms with van der Waals surface area (Å²) in [4.78, 5) is 0. The summed E-state index contributed by atoms with van der Waals surface area (Å²) in [5.74, 6) is -0.620. The Morgan fingerprint density at radius 3 is 1.52 bits per heavy atom. The molecule has 0 aliphatic carbocycles. The highest BCUT2D eigenvalue weighted by molar-refractivity contribution is 5.37. The fourth-order valence-corrected chi connectivity index (χ4v) is 5.02. The van der Waals surface area contributed by atoms with Gasteiger partial charge in [0.1, 0.15) is 11.6 Å². The predicted molar refractivity (Wildman–Crippen MR) is 133 cm³/mol. The zero-order chi connectivity index (χ0) is 23.3. The highest BCUT2D eigenvalue weighted by atomic mass is 19.1. The first-order valence-electron chi connectivity index (χ1n) is 13.2. The zero-order valence-electron chi connectivity index (χ0n) is 21.5. The Hall–Kier alpha value is -0.920. The molecule has 2 heteroatoms. The zero-order valence-corrected chi connectivity index (χ0v) is 21.5. The molecule has 0 spiro atoms. The molecule has 0 heterocycles. The van der Waals surface area contributed by atoms with Crippen molar-refractivity contribution in [3.05, 3.63) is 34.9 Å². The second kappa shape index (κ2) is 14.3. The molecule has 1 aromatic carbocycles. The molecule has 0 nitrogen and oxygen atoms in total. The van der Waals surface area contributed by atoms with Gasteiger partial charge in [-0.2, -0.15) is 0 Å². The van der Waals surface area contributed by atoms with E-state index in [4.69, 9.17) is 0 Å². The molecule has 0 unspecified atom stereocenters. The minimum atomic E-state index is -0.427. The second-order valence-electron chi connectivity index (χ2n) is 10.7. The third-order valence-electron chi connectivity index (χ3n) is 7.24. The summed E-state index contributed by atoms with van der Waals surface area (Å²) in [7, 11) is 0. The first-order valence-corrected chi connectivity index (χ1v) is 13.2. The van der Waals surface area contributed by atoms with E-state index in [9.17, 15) is 0 Å². The Labute approximate surface area is 192 Å². The summed E-state index contributed by atoms with van der Waals surface area (Å²) in [6.07, 6.45) is 16.5. The Bertz CT molecular complexity index is 605. The van der Waals surface area contributed by atoms with Crippen LogP contribution in [0.4, 0.5) is 8.78 Å². The highest BCUT2D eigenvalue weighted by Crippen LogP contribution is 2.42. The summed E-state index contributed by atoms with van der Waals surface area (Å²) in [5, 5.41) is 0. The lowest BCUT2D eigenvalue weighted by Gasteiger charge is -2.34. The number of rotatable bonds is 17. The first kappa shape index (κ1) is 28.1. The molecule has 0 saturated heterocycles. The van der Waals surface area contributed by atoms with Crippen LogP contribution in [0.5, 0.6) is 0 Å². The van der Waals surface area contributed by atoms with Crippen molar-refractivity contribution in [2.75, 3.05) is 0 Å². The fraction of sp³-hybridized carbons (Fsp3) is 0.793. The maximum Gasteiger partial charge on any atom is 0.133 e. The largest absolute Gasteiger partial charge is 0.207 e. The lowest BCUT2D eigenvalue weighted by molar-refractivity contribution is 0.330. The summed E-state index contributed by atoms with van der Waals surface area (Å²) in [5.41, 5.74) is 0.364. The maximum atomic E-state index is 16.0. The van der Waals surface area contributed by atoms with E-state index >= 15 is 8.78 Å². The van der Waals surface area contributed by atoms with Gasteiger partial charge in [-0.1, -0.05) is 125 Å². The molecule has 0 aliphatic rings. The van der Waals surface area contributed by atoms with Crippen molar-refractivity contribution >= 4 is 0 Å². The van der Waals surface area contributed by atoms with Crippen molar-refractivity contribution in [1.29, 1.82) is 0 Å². The fourth-order valence-electron chi connectivity index (χ4n) is 5.02. The lowest BCUT2D eigenvalue weighted by Crippen LogP contribution is -2.28. The topological polar surface area (TPSA) is 0 Å². The molecular formula is C29H50F2. The smallest absolute Gasteiger partial charge is 0.133 e. The average Bonchev–Trinajstić information content (AvgIpc) is 2.72. The molecular weight excluding hydrogens is 386 g/mol. The predicted octanol–water partition coefficient (Wildman–Crippen LogP) is 10.4. The van der Waals surface area contributed by atoms with Gasteiger partial charge in [0.05, 0.1) is 0 Å². The van der Waals surface area contributed by atoms with Gasteiger partial charge in [-0.15, -0.1) is 0 Å². The Morgan fingerprint density at radius 1 is 0.613 bits per heavy atom. The molecule has 0 fully saturated rings. The molecule has 0 radical (unpaired) electrons. The van der Waals surface area contributed by atoms with Crippen molar-refractivity contribution in [3.63, 3.8) is 0 Å². The average molecular weight is 437 g/mol. The molecule has 0 aliphatic heterocycles. The number of benzene rings is 1. The van der Waals surface area contributed by atoms with E-state index < -0.39 is 5.41 Å². The minimum absolute atomic E-state index is 0.269. The standard InChI is InChI=1S/C29H50F2/c1-7-10-13-16-21-28(4,5)24-19-20-25(30)26(27(24)31)29(6,22-17-14-11-8-2)23-18-15-12-9-3/h19-20H,7-18,21-23H2,1-6H3. The molecule has 0 aromatic heterocycles. The third-order valence-corrected chi connectivity index (χ3v) is 7.24. The quantitative estimate of drug-likeness (QED) is 0.213. The van der Waals surface area contributed by atoms with Gasteiger partial charge in [-0.3, -0.25) is 0 Å². The number of hydrogen-bond acceptors (Lipinski definition) is 0. The van der Waals surface area contributed by atoms with Gasteiger partial charge < -0.3 is 0 Å². The molecule has 0 atom stereocenters. The molecule has 0 N–H and O–H groups in total. The number of hydrogen-bond donors (Lipinski definition) is 0. The van der Waals surface area contributed by atoms with Gasteiger partial charge in [0, 0.05) is 5.56 Å². The normalized spacial score (nSPS) is 12.5. The van der Waals surface area contributed by atoms with Crippen molar-refractivity contribution in [1.82, 2.24) is 0 Å². The van der Waals surface area contributed by atoms with Gasteiger partial charge in [-0.05, 0) is 41.7 Å². The van der Waals surface area contributed by atoms with Crippen LogP contribution in [0.25, 0.3) is 0 Å². The molecule has 0 bridgehead atoms. The van der Waals surface area contributed by atoms with Crippen molar-refractivity contribution in [3.8, 4) is 0 Å². The first-order chi connectivity index (χ1) is 14.7. The van der Waals surface area contributed by atoms with Crippen LogP contribution in [0.3, 0.4) is 0 Å². The lowest BCUT2D eigenvalue weighted by atomic mass is 9.71. The van der Waals surface area contributed by atoms with E-state index in [2.05, 4.69) is 41.5 Å². The monoisotopic (exact) mass is 436 g/mol. The van der Waals surface area contributed by atoms with Crippen LogP contribution in [0.1, 0.15) is 149 Å². The summed E-state index contributed by atoms with van der Waals surface area (Å²) in [6, 6.07) is 3.25. The van der Waals surface area contributed by atoms with Gasteiger partial charge >= 0.3 is 0 Å². The van der Waals surface area contributed by atoms with Crippen LogP contribution in [0, 0.1) is 11.6 Å². The van der Waals surface area contributed by atoms with E-state index in [-0.39, 0.29) is 17.0 Å². The summed E-state index contributed by atoms with van der Waals surface area (Å²) >= 11 is 0. The molecule has 0 amide bonds. The van der Waals surface area contributed by atoms with Crippen LogP contribution in [-0.2, 0) is 10.8 Å². The molecule has 1 rings (SSSR count). The SMILES string of the molecule is CCCCCCC(C)(C)c1ccc(F)c(C(C)(CCCCCC)CCCCCC)c1F. The van der Waals surface area contributed by atoms with Crippen LogP contribution in [0.15, 0.2) is 12.1 Å². The summed E-state index contributed by atoms with van der Waals surface area (Å²) < 4.78 is 31.2. The summed E-state index contributed by atoms with van der Waals surface area (Å²) in [6.45, 7) is 13.0. The van der Waals surface area contributed by atoms with E-state index in [1.165, 1.54) is 51.0 Å². The Kier molecular flexibility index (Phi) is 12.9. The van der Waals surface area contributed by atoms with E-state index in [1.807, 2.05) is 0 Å². The van der Waals surface area contributed by atoms with E-state index in [0.717, 1.165) is 51.4 Å². The third kappa shape index (κ3) is 8.85. The maximum absolute atomic E-state index is 16.0. The van der Waals surface area contributed by atoms with Crippen molar-refractivity contribution in [2.45, 2.75) is 149 Å². The van der Waals surface area contributed by atoms with Crippen LogP contribution < -0.4 is 0 Å². The Balaban J connectivity index is 3.19. The Morgan fingerprint density at radius 2 is 1.06 bits per heavy atom. The molecule has 31 heavy (non-hydrogen) atoms. The van der Waals surface area contributed by atoms with Gasteiger partial charge in [0.25, 0.3) is 0 Å². The molecule has 1 aromatic rings. The highest BCUT2D eigenvalue weighted by Gasteiger charge is 2.35. The van der Waals surface area contributed by atoms with Crippen LogP contribution >= 0.6 is 0 Å². The second-order valence-corrected chi connectivity index (χ2v) is 10.7. The van der Waals surface area contributed by atoms with Gasteiger partial charge in [-0.25, -0.2) is 8.78 Å². The van der Waals surface area contributed by atoms with Crippen LogP contribution in [0.2, 0.25) is 0 Å². The van der Waals surface area contributed by atoms with E-state index in [1.54, 1.807) is 6.07 Å². The molecule has 180 valence electrons. The van der Waals surface area contributed by atoms with Crippen molar-refractivity contribution in [2.24, 2.45) is 0 Å². The van der Waals surface area contributed by atoms with Gasteiger partial charge in [0.2, 0.25) is 0 Å². The van der Waals surface area contributed by atoms with Crippen LogP contribution in [-0.4, -0.2) is 0 Å². The van der Waals surface area contributed by atoms with E-state index in [0.29, 0.717) is 11.1 Å². The number of halogens is 2. The molecule has 0 saturated carbocycles. The van der Waals surface area contributed by atoms with Crippen molar-refractivity contribution < 1.29 is 8.78 Å². The van der Waals surface area contributed by atoms with Gasteiger partial charge in [0.15, 0.2) is 0 Å².